The van der Waals surface area contributed by atoms with E-state index in [-0.39, 0.29) is 10.8 Å². The van der Waals surface area contributed by atoms with Crippen molar-refractivity contribution in [3.8, 4) is 0 Å². The van der Waals surface area contributed by atoms with Gasteiger partial charge in [-0.05, 0) is 18.8 Å². The molecule has 0 atom stereocenters. The third-order valence-corrected chi connectivity index (χ3v) is 3.49. The molecule has 0 aromatic rings. The molecule has 0 spiro atoms. The molecule has 0 amide bonds. The van der Waals surface area contributed by atoms with Gasteiger partial charge in [-0.1, -0.05) is 25.8 Å². The van der Waals surface area contributed by atoms with Crippen LogP contribution >= 0.6 is 0 Å². The van der Waals surface area contributed by atoms with Crippen LogP contribution in [-0.2, 0) is 10.0 Å². The second kappa shape index (κ2) is 3.58. The van der Waals surface area contributed by atoms with E-state index in [4.69, 9.17) is 5.14 Å². The third kappa shape index (κ3) is 2.32. The number of hydrogen-bond donors (Lipinski definition) is 1. The van der Waals surface area contributed by atoms with E-state index in [1.807, 2.05) is 0 Å². The highest BCUT2D eigenvalue weighted by Crippen LogP contribution is 2.30. The summed E-state index contributed by atoms with van der Waals surface area (Å²) in [6, 6.07) is 0. The number of hydrogen-bond acceptors (Lipinski definition) is 2. The van der Waals surface area contributed by atoms with Crippen LogP contribution in [0.1, 0.15) is 32.1 Å². The molecule has 0 bridgehead atoms. The maximum atomic E-state index is 10.9. The van der Waals surface area contributed by atoms with Gasteiger partial charge in [0.2, 0.25) is 10.0 Å². The largest absolute Gasteiger partial charge is 0.233 e. The van der Waals surface area contributed by atoms with Crippen LogP contribution in [0.2, 0.25) is 0 Å². The number of rotatable bonds is 2. The van der Waals surface area contributed by atoms with E-state index in [1.165, 1.54) is 6.42 Å². The van der Waals surface area contributed by atoms with Gasteiger partial charge in [0, 0.05) is 0 Å². The molecule has 1 aliphatic rings. The quantitative estimate of drug-likeness (QED) is 0.713. The molecule has 2 N–H and O–H groups in total. The molecule has 0 saturated heterocycles. The predicted octanol–water partition coefficient (Wildman–Crippen LogP) is 1.37. The van der Waals surface area contributed by atoms with Crippen molar-refractivity contribution in [2.75, 3.05) is 0 Å². The number of primary sulfonamides is 1. The van der Waals surface area contributed by atoms with Crippen molar-refractivity contribution in [3.63, 3.8) is 0 Å². The van der Waals surface area contributed by atoms with Crippen molar-refractivity contribution >= 4 is 10.0 Å². The summed E-state index contributed by atoms with van der Waals surface area (Å²) in [6.45, 7) is 3.54. The molecule has 4 heteroatoms. The van der Waals surface area contributed by atoms with Crippen molar-refractivity contribution in [3.05, 3.63) is 11.5 Å². The first-order chi connectivity index (χ1) is 5.52. The molecule has 1 aliphatic carbocycles. The molecular weight excluding hydrogens is 174 g/mol. The smallest absolute Gasteiger partial charge is 0.225 e. The second-order valence-corrected chi connectivity index (χ2v) is 4.96. The molecule has 3 nitrogen and oxygen atoms in total. The van der Waals surface area contributed by atoms with Crippen LogP contribution in [0.5, 0.6) is 0 Å². The molecule has 0 aliphatic heterocycles. The monoisotopic (exact) mass is 189 g/mol. The number of sulfonamides is 1. The standard InChI is InChI=1S/C8H15NO2S/c1-7(12(9,10)11)8-5-3-2-4-6-8/h8H,1-6H2,(H2,9,10,11). The van der Waals surface area contributed by atoms with Gasteiger partial charge in [0.15, 0.2) is 0 Å². The van der Waals surface area contributed by atoms with E-state index in [0.29, 0.717) is 0 Å². The Morgan fingerprint density at radius 3 is 2.17 bits per heavy atom. The Bertz CT molecular complexity index is 263. The van der Waals surface area contributed by atoms with E-state index >= 15 is 0 Å². The van der Waals surface area contributed by atoms with Crippen molar-refractivity contribution in [2.24, 2.45) is 11.1 Å². The summed E-state index contributed by atoms with van der Waals surface area (Å²) in [4.78, 5) is 0.224. The van der Waals surface area contributed by atoms with Gasteiger partial charge in [0.05, 0.1) is 4.91 Å². The predicted molar refractivity (Wildman–Crippen MR) is 48.8 cm³/mol. The van der Waals surface area contributed by atoms with Crippen LogP contribution in [0, 0.1) is 5.92 Å². The average molecular weight is 189 g/mol. The zero-order valence-corrected chi connectivity index (χ0v) is 7.94. The third-order valence-electron chi connectivity index (χ3n) is 2.43. The van der Waals surface area contributed by atoms with E-state index in [9.17, 15) is 8.42 Å². The average Bonchev–Trinajstić information content (AvgIpc) is 2.03. The van der Waals surface area contributed by atoms with Gasteiger partial charge < -0.3 is 0 Å². The Balaban J connectivity index is 2.64. The Labute approximate surface area is 73.7 Å². The van der Waals surface area contributed by atoms with E-state index < -0.39 is 10.0 Å². The van der Waals surface area contributed by atoms with Gasteiger partial charge in [-0.3, -0.25) is 0 Å². The molecule has 0 unspecified atom stereocenters. The van der Waals surface area contributed by atoms with Gasteiger partial charge >= 0.3 is 0 Å². The first-order valence-corrected chi connectivity index (χ1v) is 5.78. The maximum Gasteiger partial charge on any atom is 0.233 e. The lowest BCUT2D eigenvalue weighted by Gasteiger charge is -2.21. The topological polar surface area (TPSA) is 60.2 Å². The molecule has 0 heterocycles. The number of nitrogens with two attached hydrogens (primary N) is 1. The van der Waals surface area contributed by atoms with Gasteiger partial charge in [0.1, 0.15) is 0 Å². The summed E-state index contributed by atoms with van der Waals surface area (Å²) in [5.41, 5.74) is 0. The van der Waals surface area contributed by atoms with Gasteiger partial charge in [-0.25, -0.2) is 13.6 Å². The highest BCUT2D eigenvalue weighted by Gasteiger charge is 2.22. The molecule has 1 rings (SSSR count). The van der Waals surface area contributed by atoms with E-state index in [0.717, 1.165) is 25.7 Å². The van der Waals surface area contributed by atoms with Crippen LogP contribution in [-0.4, -0.2) is 8.42 Å². The molecule has 0 aromatic heterocycles. The summed E-state index contributed by atoms with van der Waals surface area (Å²) < 4.78 is 21.8. The first kappa shape index (κ1) is 9.74. The zero-order valence-electron chi connectivity index (χ0n) is 7.12. The fourth-order valence-electron chi connectivity index (χ4n) is 1.66. The normalized spacial score (nSPS) is 20.8. The van der Waals surface area contributed by atoms with Crippen molar-refractivity contribution in [2.45, 2.75) is 32.1 Å². The van der Waals surface area contributed by atoms with Gasteiger partial charge in [-0.15, -0.1) is 0 Å². The minimum Gasteiger partial charge on any atom is -0.225 e. The SMILES string of the molecule is C=C(C1CCCCC1)S(N)(=O)=O. The Hall–Kier alpha value is -0.350. The van der Waals surface area contributed by atoms with Gasteiger partial charge in [0.25, 0.3) is 0 Å². The summed E-state index contributed by atoms with van der Waals surface area (Å²) in [6.07, 6.45) is 5.25. The van der Waals surface area contributed by atoms with Gasteiger partial charge in [-0.2, -0.15) is 0 Å². The second-order valence-electron chi connectivity index (χ2n) is 3.35. The zero-order chi connectivity index (χ0) is 9.19. The fourth-order valence-corrected chi connectivity index (χ4v) is 2.36. The molecule has 70 valence electrons. The van der Waals surface area contributed by atoms with E-state index in [1.54, 1.807) is 0 Å². The molecule has 1 saturated carbocycles. The lowest BCUT2D eigenvalue weighted by atomic mass is 9.89. The minimum atomic E-state index is -3.50. The summed E-state index contributed by atoms with van der Waals surface area (Å²) >= 11 is 0. The van der Waals surface area contributed by atoms with Crippen LogP contribution in [0.25, 0.3) is 0 Å². The maximum absolute atomic E-state index is 10.9. The van der Waals surface area contributed by atoms with Crippen LogP contribution in [0.3, 0.4) is 0 Å². The van der Waals surface area contributed by atoms with Crippen LogP contribution in [0.4, 0.5) is 0 Å². The Morgan fingerprint density at radius 1 is 1.25 bits per heavy atom. The minimum absolute atomic E-state index is 0.105. The van der Waals surface area contributed by atoms with Crippen molar-refractivity contribution in [1.29, 1.82) is 0 Å². The molecule has 1 fully saturated rings. The molecule has 12 heavy (non-hydrogen) atoms. The van der Waals surface area contributed by atoms with E-state index in [2.05, 4.69) is 6.58 Å². The lowest BCUT2D eigenvalue weighted by molar-refractivity contribution is 0.411. The Morgan fingerprint density at radius 2 is 1.75 bits per heavy atom. The van der Waals surface area contributed by atoms with Crippen LogP contribution in [0.15, 0.2) is 11.5 Å². The highest BCUT2D eigenvalue weighted by molar-refractivity contribution is 7.93. The fraction of sp³-hybridized carbons (Fsp3) is 0.750. The van der Waals surface area contributed by atoms with Crippen molar-refractivity contribution in [1.82, 2.24) is 0 Å². The highest BCUT2D eigenvalue weighted by atomic mass is 32.2. The van der Waals surface area contributed by atoms with Crippen molar-refractivity contribution < 1.29 is 8.42 Å². The molecular formula is C8H15NO2S. The summed E-state index contributed by atoms with van der Waals surface area (Å²) in [5.74, 6) is 0.105. The van der Waals surface area contributed by atoms with Crippen LogP contribution < -0.4 is 5.14 Å². The summed E-state index contributed by atoms with van der Waals surface area (Å²) in [7, 11) is -3.50. The first-order valence-electron chi connectivity index (χ1n) is 4.23. The summed E-state index contributed by atoms with van der Waals surface area (Å²) in [5, 5.41) is 4.98. The Kier molecular flexibility index (Phi) is 2.90. The lowest BCUT2D eigenvalue weighted by Crippen LogP contribution is -2.21. The molecule has 0 radical (unpaired) electrons. The number of allylic oxidation sites excluding steroid dienone is 1. The molecule has 0 aromatic carbocycles.